The number of halogens is 1. The lowest BCUT2D eigenvalue weighted by Gasteiger charge is -2.10. The molecule has 0 fully saturated rings. The lowest BCUT2D eigenvalue weighted by atomic mass is 10.1. The molecule has 3 nitrogen and oxygen atoms in total. The predicted molar refractivity (Wildman–Crippen MR) is 92.6 cm³/mol. The molecule has 4 heteroatoms. The number of aromatic nitrogens is 2. The van der Waals surface area contributed by atoms with E-state index in [1.165, 1.54) is 0 Å². The van der Waals surface area contributed by atoms with E-state index in [2.05, 4.69) is 11.1 Å². The molecule has 0 aliphatic rings. The lowest BCUT2D eigenvalue weighted by Crippen LogP contribution is -1.97. The van der Waals surface area contributed by atoms with E-state index in [1.54, 1.807) is 0 Å². The molecule has 0 N–H and O–H groups in total. The third-order valence-corrected chi connectivity index (χ3v) is 4.28. The smallest absolute Gasteiger partial charge is 0.156 e. The zero-order valence-electron chi connectivity index (χ0n) is 12.4. The normalized spacial score (nSPS) is 11.0. The number of fused-ring (bicyclic) bond motifs is 3. The standard InChI is InChI=1S/C19H12ClN3/c1-12-10-18(13-6-8-14(20)9-7-13)23-17-5-3-2-4-16(17)22-19(23)15(12)11-21/h2-10H,1H3. The molecule has 0 aliphatic carbocycles. The number of imidazole rings is 1. The average molecular weight is 318 g/mol. The summed E-state index contributed by atoms with van der Waals surface area (Å²) in [6.45, 7) is 1.94. The average Bonchev–Trinajstić information content (AvgIpc) is 2.94. The number of hydrogen-bond acceptors (Lipinski definition) is 2. The summed E-state index contributed by atoms with van der Waals surface area (Å²) in [5.74, 6) is 0. The first-order chi connectivity index (χ1) is 11.2. The molecule has 4 aromatic rings. The number of benzene rings is 2. The van der Waals surface area contributed by atoms with Gasteiger partial charge in [0.1, 0.15) is 6.07 Å². The number of aryl methyl sites for hydroxylation is 1. The fourth-order valence-corrected chi connectivity index (χ4v) is 3.05. The number of para-hydroxylation sites is 2. The molecule has 4 rings (SSSR count). The van der Waals surface area contributed by atoms with E-state index >= 15 is 0 Å². The van der Waals surface area contributed by atoms with Crippen molar-refractivity contribution >= 4 is 28.3 Å². The fourth-order valence-electron chi connectivity index (χ4n) is 2.93. The van der Waals surface area contributed by atoms with Crippen molar-refractivity contribution in [3.63, 3.8) is 0 Å². The second-order valence-corrected chi connectivity index (χ2v) is 5.90. The van der Waals surface area contributed by atoms with Crippen LogP contribution in [0, 0.1) is 18.3 Å². The highest BCUT2D eigenvalue weighted by molar-refractivity contribution is 6.30. The maximum Gasteiger partial charge on any atom is 0.156 e. The van der Waals surface area contributed by atoms with Crippen molar-refractivity contribution < 1.29 is 0 Å². The highest BCUT2D eigenvalue weighted by Gasteiger charge is 2.15. The fraction of sp³-hybridized carbons (Fsp3) is 0.0526. The van der Waals surface area contributed by atoms with Gasteiger partial charge in [-0.25, -0.2) is 4.98 Å². The van der Waals surface area contributed by atoms with Crippen molar-refractivity contribution in [2.24, 2.45) is 0 Å². The van der Waals surface area contributed by atoms with Crippen LogP contribution in [0.2, 0.25) is 5.02 Å². The van der Waals surface area contributed by atoms with Gasteiger partial charge in [0.2, 0.25) is 0 Å². The van der Waals surface area contributed by atoms with Crippen LogP contribution < -0.4 is 0 Å². The van der Waals surface area contributed by atoms with Crippen molar-refractivity contribution in [2.45, 2.75) is 6.92 Å². The molecular formula is C19H12ClN3. The number of rotatable bonds is 1. The van der Waals surface area contributed by atoms with Gasteiger partial charge in [-0.15, -0.1) is 0 Å². The van der Waals surface area contributed by atoms with Crippen LogP contribution in [0.1, 0.15) is 11.1 Å². The minimum absolute atomic E-state index is 0.610. The first kappa shape index (κ1) is 13.8. The summed E-state index contributed by atoms with van der Waals surface area (Å²) in [4.78, 5) is 4.66. The topological polar surface area (TPSA) is 41.1 Å². The molecule has 0 saturated heterocycles. The molecule has 23 heavy (non-hydrogen) atoms. The van der Waals surface area contributed by atoms with Crippen molar-refractivity contribution in [3.05, 3.63) is 70.7 Å². The van der Waals surface area contributed by atoms with Gasteiger partial charge in [-0.3, -0.25) is 4.40 Å². The molecule has 0 bridgehead atoms. The van der Waals surface area contributed by atoms with Gasteiger partial charge in [0.05, 0.1) is 22.3 Å². The van der Waals surface area contributed by atoms with Crippen LogP contribution in [-0.2, 0) is 0 Å². The maximum absolute atomic E-state index is 9.52. The highest BCUT2D eigenvalue weighted by Crippen LogP contribution is 2.30. The minimum atomic E-state index is 0.610. The summed E-state index contributed by atoms with van der Waals surface area (Å²) in [7, 11) is 0. The quantitative estimate of drug-likeness (QED) is 0.496. The molecule has 0 spiro atoms. The molecule has 0 radical (unpaired) electrons. The van der Waals surface area contributed by atoms with Crippen molar-refractivity contribution in [2.75, 3.05) is 0 Å². The Hall–Kier alpha value is -2.83. The van der Waals surface area contributed by atoms with E-state index < -0.39 is 0 Å². The van der Waals surface area contributed by atoms with Gasteiger partial charge in [0.15, 0.2) is 5.65 Å². The molecule has 0 saturated carbocycles. The van der Waals surface area contributed by atoms with Gasteiger partial charge in [-0.05, 0) is 48.4 Å². The molecule has 110 valence electrons. The Balaban J connectivity index is 2.20. The number of nitrogens with zero attached hydrogens (tertiary/aromatic N) is 3. The highest BCUT2D eigenvalue weighted by atomic mass is 35.5. The van der Waals surface area contributed by atoms with Crippen LogP contribution in [0.5, 0.6) is 0 Å². The van der Waals surface area contributed by atoms with Gasteiger partial charge in [0, 0.05) is 5.02 Å². The summed E-state index contributed by atoms with van der Waals surface area (Å²) in [5, 5.41) is 10.2. The Bertz CT molecular complexity index is 1090. The Morgan fingerprint density at radius 3 is 2.57 bits per heavy atom. The SMILES string of the molecule is Cc1cc(-c2ccc(Cl)cc2)n2c(nc3ccccc32)c1C#N. The van der Waals surface area contributed by atoms with Crippen LogP contribution in [0.15, 0.2) is 54.6 Å². The molecule has 2 heterocycles. The van der Waals surface area contributed by atoms with Crippen LogP contribution in [0.3, 0.4) is 0 Å². The number of hydrogen-bond donors (Lipinski definition) is 0. The Morgan fingerprint density at radius 1 is 1.09 bits per heavy atom. The van der Waals surface area contributed by atoms with E-state index in [9.17, 15) is 5.26 Å². The second-order valence-electron chi connectivity index (χ2n) is 5.47. The van der Waals surface area contributed by atoms with Crippen LogP contribution in [0.25, 0.3) is 27.9 Å². The van der Waals surface area contributed by atoms with Gasteiger partial charge in [-0.1, -0.05) is 35.9 Å². The predicted octanol–water partition coefficient (Wildman–Crippen LogP) is 4.99. The zero-order chi connectivity index (χ0) is 16.0. The third-order valence-electron chi connectivity index (χ3n) is 4.02. The van der Waals surface area contributed by atoms with E-state index in [-0.39, 0.29) is 0 Å². The minimum Gasteiger partial charge on any atom is -0.291 e. The largest absolute Gasteiger partial charge is 0.291 e. The molecule has 0 unspecified atom stereocenters. The van der Waals surface area contributed by atoms with Gasteiger partial charge in [-0.2, -0.15) is 5.26 Å². The second kappa shape index (κ2) is 5.12. The Kier molecular flexibility index (Phi) is 3.07. The summed E-state index contributed by atoms with van der Waals surface area (Å²) in [5.41, 5.74) is 6.13. The summed E-state index contributed by atoms with van der Waals surface area (Å²) in [6.07, 6.45) is 0. The molecule has 0 amide bonds. The molecule has 2 aromatic carbocycles. The van der Waals surface area contributed by atoms with E-state index in [1.807, 2.05) is 65.9 Å². The monoisotopic (exact) mass is 317 g/mol. The van der Waals surface area contributed by atoms with Crippen molar-refractivity contribution in [1.29, 1.82) is 5.26 Å². The van der Waals surface area contributed by atoms with Crippen LogP contribution >= 0.6 is 11.6 Å². The van der Waals surface area contributed by atoms with Crippen molar-refractivity contribution in [3.8, 4) is 17.3 Å². The van der Waals surface area contributed by atoms with Gasteiger partial charge >= 0.3 is 0 Å². The summed E-state index contributed by atoms with van der Waals surface area (Å²) < 4.78 is 2.05. The molecule has 2 aromatic heterocycles. The summed E-state index contributed by atoms with van der Waals surface area (Å²) >= 11 is 6.01. The van der Waals surface area contributed by atoms with Crippen LogP contribution in [0.4, 0.5) is 0 Å². The van der Waals surface area contributed by atoms with Crippen LogP contribution in [-0.4, -0.2) is 9.38 Å². The summed E-state index contributed by atoms with van der Waals surface area (Å²) in [6, 6.07) is 19.9. The van der Waals surface area contributed by atoms with Gasteiger partial charge < -0.3 is 0 Å². The number of nitriles is 1. The first-order valence-electron chi connectivity index (χ1n) is 7.26. The Morgan fingerprint density at radius 2 is 1.83 bits per heavy atom. The molecule has 0 aliphatic heterocycles. The van der Waals surface area contributed by atoms with E-state index in [4.69, 9.17) is 11.6 Å². The number of pyridine rings is 1. The molecular weight excluding hydrogens is 306 g/mol. The zero-order valence-corrected chi connectivity index (χ0v) is 13.2. The lowest BCUT2D eigenvalue weighted by molar-refractivity contribution is 1.19. The van der Waals surface area contributed by atoms with E-state index in [0.717, 1.165) is 27.9 Å². The maximum atomic E-state index is 9.52. The van der Waals surface area contributed by atoms with Gasteiger partial charge in [0.25, 0.3) is 0 Å². The Labute approximate surface area is 138 Å². The molecule has 0 atom stereocenters. The van der Waals surface area contributed by atoms with Crippen molar-refractivity contribution in [1.82, 2.24) is 9.38 Å². The first-order valence-corrected chi connectivity index (χ1v) is 7.63. The van der Waals surface area contributed by atoms with E-state index in [0.29, 0.717) is 16.2 Å². The third kappa shape index (κ3) is 2.08.